The van der Waals surface area contributed by atoms with Crippen LogP contribution in [0.1, 0.15) is 34.0 Å². The molecule has 3 N–H and O–H groups in total. The van der Waals surface area contributed by atoms with E-state index in [2.05, 4.69) is 15.0 Å². The number of hydrogen-bond donors (Lipinski definition) is 3. The average Bonchev–Trinajstić information content (AvgIpc) is 3.01. The van der Waals surface area contributed by atoms with Crippen LogP contribution in [-0.2, 0) is 16.4 Å². The Hall–Kier alpha value is -4.25. The van der Waals surface area contributed by atoms with E-state index in [1.807, 2.05) is 30.3 Å². The number of ether oxygens (including phenoxy) is 2. The summed E-state index contributed by atoms with van der Waals surface area (Å²) in [7, 11) is -2.56. The van der Waals surface area contributed by atoms with E-state index in [1.54, 1.807) is 36.7 Å². The molecule has 0 bridgehead atoms. The summed E-state index contributed by atoms with van der Waals surface area (Å²) in [6.07, 6.45) is 4.31. The smallest absolute Gasteiger partial charge is 0.265 e. The van der Waals surface area contributed by atoms with Gasteiger partial charge in [0.2, 0.25) is 0 Å². The molecular formula is C31H31N3O6S. The van der Waals surface area contributed by atoms with Crippen molar-refractivity contribution in [3.63, 3.8) is 0 Å². The molecule has 2 heterocycles. The van der Waals surface area contributed by atoms with Gasteiger partial charge in [0.1, 0.15) is 17.6 Å². The van der Waals surface area contributed by atoms with Crippen LogP contribution in [0.4, 0.5) is 0 Å². The second kappa shape index (κ2) is 12.5. The fraction of sp³-hybridized carbons (Fsp3) is 0.226. The molecule has 0 unspecified atom stereocenters. The van der Waals surface area contributed by atoms with Crippen LogP contribution in [0.2, 0.25) is 0 Å². The van der Waals surface area contributed by atoms with Crippen LogP contribution in [0.5, 0.6) is 11.5 Å². The number of rotatable bonds is 10. The molecule has 4 aromatic rings. The summed E-state index contributed by atoms with van der Waals surface area (Å²) in [5.74, 6) is 0.606. The topological polar surface area (TPSA) is 127 Å². The molecule has 3 aromatic carbocycles. The summed E-state index contributed by atoms with van der Waals surface area (Å²) in [5.41, 5.74) is 3.74. The van der Waals surface area contributed by atoms with Crippen molar-refractivity contribution in [3.05, 3.63) is 108 Å². The number of sulfonamides is 1. The standard InChI is InChI=1S/C31H31N3O6S/c1-39-26-10-12-28(13-11-26)41(37,38)34-31(36)24-5-2-4-21(17-24)22-8-14-30-23(16-22)7-9-27(40-30)19-33-20-29(35)25-6-3-15-32-18-25/h2-6,8,10-18,27,29,33,35H,7,9,19-20H2,1H3,(H,34,36)/t27-,29+/m1/s1. The molecule has 0 fully saturated rings. The van der Waals surface area contributed by atoms with Gasteiger partial charge >= 0.3 is 0 Å². The molecule has 212 valence electrons. The zero-order valence-corrected chi connectivity index (χ0v) is 23.3. The molecule has 0 aliphatic carbocycles. The Morgan fingerprint density at radius 1 is 1.07 bits per heavy atom. The minimum atomic E-state index is -4.05. The maximum atomic E-state index is 12.9. The Labute approximate surface area is 239 Å². The Morgan fingerprint density at radius 3 is 2.63 bits per heavy atom. The number of aliphatic hydroxyl groups is 1. The highest BCUT2D eigenvalue weighted by atomic mass is 32.2. The van der Waals surface area contributed by atoms with E-state index in [1.165, 1.54) is 31.4 Å². The second-order valence-corrected chi connectivity index (χ2v) is 11.4. The third kappa shape index (κ3) is 6.91. The van der Waals surface area contributed by atoms with Gasteiger partial charge in [0.05, 0.1) is 18.1 Å². The normalized spacial score (nSPS) is 15.3. The first kappa shape index (κ1) is 28.3. The van der Waals surface area contributed by atoms with Gasteiger partial charge in [0.15, 0.2) is 0 Å². The molecule has 0 radical (unpaired) electrons. The van der Waals surface area contributed by atoms with Crippen molar-refractivity contribution in [2.24, 2.45) is 0 Å². The fourth-order valence-corrected chi connectivity index (χ4v) is 5.65. The number of aliphatic hydroxyl groups excluding tert-OH is 1. The molecule has 0 saturated carbocycles. The summed E-state index contributed by atoms with van der Waals surface area (Å²) in [4.78, 5) is 16.9. The van der Waals surface area contributed by atoms with Crippen LogP contribution in [0.25, 0.3) is 11.1 Å². The number of pyridine rings is 1. The van der Waals surface area contributed by atoms with E-state index in [4.69, 9.17) is 9.47 Å². The molecular weight excluding hydrogens is 542 g/mol. The van der Waals surface area contributed by atoms with Gasteiger partial charge in [-0.05, 0) is 84.1 Å². The number of benzene rings is 3. The first-order valence-corrected chi connectivity index (χ1v) is 14.7. The second-order valence-electron chi connectivity index (χ2n) is 9.75. The van der Waals surface area contributed by atoms with E-state index in [-0.39, 0.29) is 16.6 Å². The number of hydrogen-bond acceptors (Lipinski definition) is 8. The summed E-state index contributed by atoms with van der Waals surface area (Å²) >= 11 is 0. The lowest BCUT2D eigenvalue weighted by molar-refractivity contribution is 0.0981. The molecule has 41 heavy (non-hydrogen) atoms. The molecule has 10 heteroatoms. The molecule has 1 amide bonds. The quantitative estimate of drug-likeness (QED) is 0.261. The first-order valence-electron chi connectivity index (χ1n) is 13.2. The zero-order chi connectivity index (χ0) is 28.8. The maximum absolute atomic E-state index is 12.9. The molecule has 1 aromatic heterocycles. The largest absolute Gasteiger partial charge is 0.497 e. The van der Waals surface area contributed by atoms with Gasteiger partial charge in [-0.1, -0.05) is 24.3 Å². The predicted octanol–water partition coefficient (Wildman–Crippen LogP) is 3.89. The van der Waals surface area contributed by atoms with Gasteiger partial charge in [-0.3, -0.25) is 9.78 Å². The van der Waals surface area contributed by atoms with Crippen molar-refractivity contribution in [2.45, 2.75) is 29.9 Å². The average molecular weight is 574 g/mol. The minimum Gasteiger partial charge on any atom is -0.497 e. The number of carbonyl (C=O) groups excluding carboxylic acids is 1. The summed E-state index contributed by atoms with van der Waals surface area (Å²) in [6, 6.07) is 22.2. The fourth-order valence-electron chi connectivity index (χ4n) is 4.67. The zero-order valence-electron chi connectivity index (χ0n) is 22.5. The number of fused-ring (bicyclic) bond motifs is 1. The minimum absolute atomic E-state index is 0.0193. The van der Waals surface area contributed by atoms with Crippen molar-refractivity contribution in [2.75, 3.05) is 20.2 Å². The van der Waals surface area contributed by atoms with Crippen molar-refractivity contribution in [1.29, 1.82) is 0 Å². The Bertz CT molecular complexity index is 1610. The van der Waals surface area contributed by atoms with Crippen molar-refractivity contribution in [1.82, 2.24) is 15.0 Å². The Balaban J connectivity index is 1.20. The van der Waals surface area contributed by atoms with E-state index in [0.29, 0.717) is 18.8 Å². The van der Waals surface area contributed by atoms with Gasteiger partial charge in [-0.25, -0.2) is 13.1 Å². The first-order chi connectivity index (χ1) is 19.8. The highest BCUT2D eigenvalue weighted by Gasteiger charge is 2.22. The number of nitrogens with one attached hydrogen (secondary N) is 2. The molecule has 5 rings (SSSR count). The number of carbonyl (C=O) groups is 1. The van der Waals surface area contributed by atoms with Crippen molar-refractivity contribution in [3.8, 4) is 22.6 Å². The molecule has 9 nitrogen and oxygen atoms in total. The molecule has 1 aliphatic heterocycles. The van der Waals surface area contributed by atoms with Crippen molar-refractivity contribution < 1.29 is 27.8 Å². The number of aryl methyl sites for hydroxylation is 1. The van der Waals surface area contributed by atoms with E-state index in [0.717, 1.165) is 40.8 Å². The van der Waals surface area contributed by atoms with Crippen LogP contribution < -0.4 is 19.5 Å². The van der Waals surface area contributed by atoms with Crippen LogP contribution in [-0.4, -0.2) is 50.7 Å². The van der Waals surface area contributed by atoms with Crippen molar-refractivity contribution >= 4 is 15.9 Å². The number of nitrogens with zero attached hydrogens (tertiary/aromatic N) is 1. The predicted molar refractivity (Wildman–Crippen MR) is 154 cm³/mol. The van der Waals surface area contributed by atoms with E-state index in [9.17, 15) is 18.3 Å². The lowest BCUT2D eigenvalue weighted by Gasteiger charge is -2.27. The monoisotopic (exact) mass is 573 g/mol. The molecule has 2 atom stereocenters. The Morgan fingerprint density at radius 2 is 1.88 bits per heavy atom. The van der Waals surface area contributed by atoms with Gasteiger partial charge in [-0.2, -0.15) is 0 Å². The van der Waals surface area contributed by atoms with Gasteiger partial charge in [0, 0.05) is 36.6 Å². The van der Waals surface area contributed by atoms with E-state index >= 15 is 0 Å². The Kier molecular flexibility index (Phi) is 8.63. The summed E-state index contributed by atoms with van der Waals surface area (Å²) < 4.78 is 38.8. The highest BCUT2D eigenvalue weighted by Crippen LogP contribution is 2.32. The third-order valence-electron chi connectivity index (χ3n) is 6.92. The van der Waals surface area contributed by atoms with Gasteiger partial charge in [-0.15, -0.1) is 0 Å². The van der Waals surface area contributed by atoms with Crippen LogP contribution in [0.3, 0.4) is 0 Å². The summed E-state index contributed by atoms with van der Waals surface area (Å²) in [5, 5.41) is 13.6. The lowest BCUT2D eigenvalue weighted by atomic mass is 9.96. The van der Waals surface area contributed by atoms with Crippen LogP contribution >= 0.6 is 0 Å². The molecule has 1 aliphatic rings. The van der Waals surface area contributed by atoms with Crippen LogP contribution in [0.15, 0.2) is 96.2 Å². The van der Waals surface area contributed by atoms with Crippen LogP contribution in [0, 0.1) is 0 Å². The SMILES string of the molecule is COc1ccc(S(=O)(=O)NC(=O)c2cccc(-c3ccc4c(c3)CC[C@H](CNC[C@H](O)c3cccnc3)O4)c2)cc1. The highest BCUT2D eigenvalue weighted by molar-refractivity contribution is 7.90. The van der Waals surface area contributed by atoms with Gasteiger partial charge < -0.3 is 19.9 Å². The van der Waals surface area contributed by atoms with E-state index < -0.39 is 22.0 Å². The number of amides is 1. The lowest BCUT2D eigenvalue weighted by Crippen LogP contribution is -2.36. The third-order valence-corrected chi connectivity index (χ3v) is 8.27. The molecule has 0 spiro atoms. The van der Waals surface area contributed by atoms with Gasteiger partial charge in [0.25, 0.3) is 15.9 Å². The maximum Gasteiger partial charge on any atom is 0.265 e. The number of aromatic nitrogens is 1. The number of methoxy groups -OCH3 is 1. The molecule has 0 saturated heterocycles. The summed E-state index contributed by atoms with van der Waals surface area (Å²) in [6.45, 7) is 1.01.